The number of rotatable bonds is 7. The van der Waals surface area contributed by atoms with Crippen molar-refractivity contribution >= 4 is 34.2 Å². The fourth-order valence-corrected chi connectivity index (χ4v) is 8.92. The lowest BCUT2D eigenvalue weighted by atomic mass is 9.49. The zero-order chi connectivity index (χ0) is 24.0. The molecule has 5 aliphatic rings. The van der Waals surface area contributed by atoms with Gasteiger partial charge in [0.05, 0.1) is 18.1 Å². The highest BCUT2D eigenvalue weighted by Gasteiger charge is 2.51. The quantitative estimate of drug-likeness (QED) is 0.512. The molecule has 6 nitrogen and oxygen atoms in total. The average molecular weight is 488 g/mol. The van der Waals surface area contributed by atoms with Gasteiger partial charge in [-0.1, -0.05) is 6.92 Å². The Labute approximate surface area is 206 Å². The lowest BCUT2D eigenvalue weighted by Crippen LogP contribution is -2.47. The van der Waals surface area contributed by atoms with Gasteiger partial charge in [0.25, 0.3) is 5.91 Å². The van der Waals surface area contributed by atoms with Crippen LogP contribution >= 0.6 is 11.3 Å². The number of nitrogens with one attached hydrogen (secondary N) is 1. The molecule has 1 N–H and O–H groups in total. The van der Waals surface area contributed by atoms with E-state index >= 15 is 0 Å². The normalized spacial score (nSPS) is 31.3. The maximum atomic E-state index is 12.8. The van der Waals surface area contributed by atoms with Crippen LogP contribution in [0.5, 0.6) is 0 Å². The van der Waals surface area contributed by atoms with Gasteiger partial charge in [0.15, 0.2) is 6.61 Å². The second-order valence-corrected chi connectivity index (χ2v) is 12.9. The van der Waals surface area contributed by atoms with Gasteiger partial charge in [-0.15, -0.1) is 11.3 Å². The highest BCUT2D eigenvalue weighted by Crippen LogP contribution is 2.61. The molecule has 0 aromatic carbocycles. The predicted octanol–water partition coefficient (Wildman–Crippen LogP) is 5.53. The molecule has 4 fully saturated rings. The number of carbonyl (C=O) groups excluding carboxylic acids is 3. The minimum Gasteiger partial charge on any atom is -0.459 e. The van der Waals surface area contributed by atoms with Crippen molar-refractivity contribution in [2.45, 2.75) is 91.1 Å². The molecule has 1 heterocycles. The number of anilines is 1. The molecular weight excluding hydrogens is 450 g/mol. The number of ether oxygens (including phenoxy) is 2. The van der Waals surface area contributed by atoms with Crippen LogP contribution in [0.15, 0.2) is 0 Å². The molecule has 6 rings (SSSR count). The summed E-state index contributed by atoms with van der Waals surface area (Å²) < 4.78 is 10.9. The first-order chi connectivity index (χ1) is 16.2. The zero-order valence-electron chi connectivity index (χ0n) is 20.6. The Morgan fingerprint density at radius 2 is 1.74 bits per heavy atom. The molecule has 1 amide bonds. The van der Waals surface area contributed by atoms with Crippen molar-refractivity contribution in [3.05, 3.63) is 16.0 Å². The minimum absolute atomic E-state index is 0.0968. The summed E-state index contributed by atoms with van der Waals surface area (Å²) >= 11 is 1.45. The summed E-state index contributed by atoms with van der Waals surface area (Å²) in [6.45, 7) is 5.53. The molecule has 7 heteroatoms. The minimum atomic E-state index is -0.399. The van der Waals surface area contributed by atoms with Gasteiger partial charge in [0.1, 0.15) is 5.00 Å². The van der Waals surface area contributed by atoms with Crippen LogP contribution in [0.1, 0.15) is 92.9 Å². The van der Waals surface area contributed by atoms with Crippen LogP contribution in [0.2, 0.25) is 0 Å². The molecule has 5 aliphatic carbocycles. The van der Waals surface area contributed by atoms with Crippen molar-refractivity contribution < 1.29 is 23.9 Å². The lowest BCUT2D eigenvalue weighted by molar-refractivity contribution is -0.154. The van der Waals surface area contributed by atoms with E-state index in [1.165, 1.54) is 30.6 Å². The zero-order valence-corrected chi connectivity index (χ0v) is 21.4. The summed E-state index contributed by atoms with van der Waals surface area (Å²) in [6, 6.07) is 0. The topological polar surface area (TPSA) is 81.7 Å². The van der Waals surface area contributed by atoms with Gasteiger partial charge < -0.3 is 14.8 Å². The highest BCUT2D eigenvalue weighted by atomic mass is 32.1. The summed E-state index contributed by atoms with van der Waals surface area (Å²) in [5.74, 6) is 1.82. The third kappa shape index (κ3) is 4.91. The monoisotopic (exact) mass is 487 g/mol. The average Bonchev–Trinajstić information content (AvgIpc) is 3.07. The van der Waals surface area contributed by atoms with Gasteiger partial charge in [-0.2, -0.15) is 0 Å². The fourth-order valence-electron chi connectivity index (χ4n) is 7.50. The number of carbonyl (C=O) groups is 3. The Morgan fingerprint density at radius 1 is 1.09 bits per heavy atom. The van der Waals surface area contributed by atoms with E-state index in [9.17, 15) is 14.4 Å². The number of esters is 2. The first kappa shape index (κ1) is 23.8. The predicted molar refractivity (Wildman–Crippen MR) is 131 cm³/mol. The van der Waals surface area contributed by atoms with Crippen molar-refractivity contribution in [3.63, 3.8) is 0 Å². The molecule has 4 saturated carbocycles. The molecule has 1 unspecified atom stereocenters. The van der Waals surface area contributed by atoms with Crippen molar-refractivity contribution in [2.75, 3.05) is 11.9 Å². The number of fused-ring (bicyclic) bond motifs is 1. The number of amides is 1. The Kier molecular flexibility index (Phi) is 6.51. The van der Waals surface area contributed by atoms with Crippen LogP contribution in [-0.4, -0.2) is 30.6 Å². The number of thiophene rings is 1. The largest absolute Gasteiger partial charge is 0.459 e. The summed E-state index contributed by atoms with van der Waals surface area (Å²) in [4.78, 5) is 39.4. The van der Waals surface area contributed by atoms with Crippen LogP contribution in [0.25, 0.3) is 0 Å². The van der Waals surface area contributed by atoms with Gasteiger partial charge in [-0.25, -0.2) is 4.79 Å². The Hall–Kier alpha value is -1.89. The first-order valence-electron chi connectivity index (χ1n) is 13.0. The first-order valence-corrected chi connectivity index (χ1v) is 13.8. The second kappa shape index (κ2) is 9.29. The molecule has 0 aliphatic heterocycles. The highest BCUT2D eigenvalue weighted by molar-refractivity contribution is 7.17. The van der Waals surface area contributed by atoms with Crippen LogP contribution < -0.4 is 5.32 Å². The smallest absolute Gasteiger partial charge is 0.341 e. The van der Waals surface area contributed by atoms with E-state index in [1.54, 1.807) is 0 Å². The summed E-state index contributed by atoms with van der Waals surface area (Å²) in [6.07, 6.45) is 10.3. The van der Waals surface area contributed by atoms with Gasteiger partial charge in [-0.3, -0.25) is 9.59 Å². The Bertz CT molecular complexity index is 945. The van der Waals surface area contributed by atoms with Crippen molar-refractivity contribution in [1.29, 1.82) is 0 Å². The molecule has 1 aromatic heterocycles. The number of hydrogen-bond donors (Lipinski definition) is 1. The van der Waals surface area contributed by atoms with E-state index in [-0.39, 0.29) is 24.1 Å². The maximum Gasteiger partial charge on any atom is 0.341 e. The molecule has 34 heavy (non-hydrogen) atoms. The summed E-state index contributed by atoms with van der Waals surface area (Å²) in [7, 11) is 0. The molecule has 186 valence electrons. The molecule has 1 aromatic rings. The molecule has 0 saturated heterocycles. The summed E-state index contributed by atoms with van der Waals surface area (Å²) in [5, 5.41) is 3.37. The third-order valence-electron chi connectivity index (χ3n) is 8.36. The Balaban J connectivity index is 1.21. The Morgan fingerprint density at radius 3 is 2.35 bits per heavy atom. The van der Waals surface area contributed by atoms with Gasteiger partial charge in [-0.05, 0) is 106 Å². The molecule has 4 bridgehead atoms. The van der Waals surface area contributed by atoms with Gasteiger partial charge >= 0.3 is 11.9 Å². The van der Waals surface area contributed by atoms with Crippen molar-refractivity contribution in [3.8, 4) is 0 Å². The molecule has 0 spiro atoms. The maximum absolute atomic E-state index is 12.8. The lowest BCUT2D eigenvalue weighted by Gasteiger charge is -2.56. The van der Waals surface area contributed by atoms with Crippen LogP contribution in [-0.2, 0) is 31.9 Å². The molecule has 1 atom stereocenters. The second-order valence-electron chi connectivity index (χ2n) is 11.8. The van der Waals surface area contributed by atoms with E-state index in [2.05, 4.69) is 12.2 Å². The van der Waals surface area contributed by atoms with E-state index < -0.39 is 11.9 Å². The van der Waals surface area contributed by atoms with E-state index in [0.29, 0.717) is 22.9 Å². The third-order valence-corrected chi connectivity index (χ3v) is 9.53. The SMILES string of the molecule is CC1CCc2c(sc(NC(=O)COC(=O)CC34CC5CC(CC(C5)C3)C4)c2C(=O)OC(C)C)C1. The fraction of sp³-hybridized carbons (Fsp3) is 0.741. The standard InChI is InChI=1S/C27H37NO5S/c1-15(2)33-26(31)24-20-5-4-16(3)6-21(20)34-25(24)28-22(29)14-32-23(30)13-27-10-17-7-18(11-27)9-19(8-17)12-27/h15-19H,4-14H2,1-3H3,(H,28,29). The van der Waals surface area contributed by atoms with Crippen LogP contribution in [0.3, 0.4) is 0 Å². The van der Waals surface area contributed by atoms with E-state index in [0.717, 1.165) is 66.7 Å². The number of hydrogen-bond acceptors (Lipinski definition) is 6. The summed E-state index contributed by atoms with van der Waals surface area (Å²) in [5.41, 5.74) is 1.58. The molecular formula is C27H37NO5S. The van der Waals surface area contributed by atoms with E-state index in [1.807, 2.05) is 13.8 Å². The van der Waals surface area contributed by atoms with Crippen molar-refractivity contribution in [1.82, 2.24) is 0 Å². The molecule has 0 radical (unpaired) electrons. The van der Waals surface area contributed by atoms with Crippen LogP contribution in [0.4, 0.5) is 5.00 Å². The van der Waals surface area contributed by atoms with Gasteiger partial charge in [0, 0.05) is 4.88 Å². The van der Waals surface area contributed by atoms with Crippen molar-refractivity contribution in [2.24, 2.45) is 29.1 Å². The van der Waals surface area contributed by atoms with Gasteiger partial charge in [0.2, 0.25) is 0 Å². The van der Waals surface area contributed by atoms with Crippen LogP contribution in [0, 0.1) is 29.1 Å². The van der Waals surface area contributed by atoms with E-state index in [4.69, 9.17) is 9.47 Å².